The van der Waals surface area contributed by atoms with Gasteiger partial charge in [0.15, 0.2) is 0 Å². The highest BCUT2D eigenvalue weighted by molar-refractivity contribution is 6.34. The fraction of sp³-hybridized carbons (Fsp3) is 0.154. The average molecular weight is 455 g/mol. The van der Waals surface area contributed by atoms with E-state index in [4.69, 9.17) is 14.6 Å². The van der Waals surface area contributed by atoms with Gasteiger partial charge in [-0.25, -0.2) is 4.90 Å². The van der Waals surface area contributed by atoms with Gasteiger partial charge in [0.1, 0.15) is 23.5 Å². The minimum Gasteiger partial charge on any atom is -0.497 e. The van der Waals surface area contributed by atoms with E-state index in [0.29, 0.717) is 28.6 Å². The lowest BCUT2D eigenvalue weighted by Crippen LogP contribution is -2.39. The molecule has 0 aliphatic carbocycles. The lowest BCUT2D eigenvalue weighted by atomic mass is 9.93. The van der Waals surface area contributed by atoms with E-state index >= 15 is 0 Å². The lowest BCUT2D eigenvalue weighted by molar-refractivity contribution is -0.132. The lowest BCUT2D eigenvalue weighted by Gasteiger charge is -2.22. The van der Waals surface area contributed by atoms with E-state index in [-0.39, 0.29) is 11.8 Å². The van der Waals surface area contributed by atoms with E-state index in [9.17, 15) is 14.4 Å². The number of hydrogen-bond donors (Lipinski definition) is 0. The van der Waals surface area contributed by atoms with Crippen molar-refractivity contribution in [1.29, 1.82) is 0 Å². The summed E-state index contributed by atoms with van der Waals surface area (Å²) in [4.78, 5) is 39.6. The van der Waals surface area contributed by atoms with Gasteiger partial charge in [0.25, 0.3) is 5.91 Å². The van der Waals surface area contributed by atoms with Gasteiger partial charge in [0, 0.05) is 6.92 Å². The number of rotatable bonds is 5. The van der Waals surface area contributed by atoms with Crippen molar-refractivity contribution in [1.82, 2.24) is 0 Å². The Balaban J connectivity index is 1.55. The topological polar surface area (TPSA) is 88.5 Å². The first kappa shape index (κ1) is 21.4. The standard InChI is InChI=1S/C26H21N3O5/c1-16(30)34-21-14-10-18(11-15-21)28-25(31)22-23(17-8-12-20(33-2)13-9-17)27-29(24(22)26(28)32)19-6-4-3-5-7-19/h3-15,22,24H,1-2H3. The zero-order chi connectivity index (χ0) is 23.8. The maximum absolute atomic E-state index is 13.6. The van der Waals surface area contributed by atoms with Gasteiger partial charge in [0.2, 0.25) is 5.91 Å². The summed E-state index contributed by atoms with van der Waals surface area (Å²) in [7, 11) is 1.58. The number of benzene rings is 3. The van der Waals surface area contributed by atoms with Crippen LogP contribution in [0.4, 0.5) is 11.4 Å². The van der Waals surface area contributed by atoms with Crippen LogP contribution in [0, 0.1) is 5.92 Å². The van der Waals surface area contributed by atoms with Crippen LogP contribution >= 0.6 is 0 Å². The number of ether oxygens (including phenoxy) is 2. The SMILES string of the molecule is COc1ccc(C2=NN(c3ccccc3)C3C(=O)N(c4ccc(OC(C)=O)cc4)C(=O)C23)cc1. The number of hydrogen-bond acceptors (Lipinski definition) is 7. The van der Waals surface area contributed by atoms with Crippen LogP contribution in [0.2, 0.25) is 0 Å². The molecular weight excluding hydrogens is 434 g/mol. The monoisotopic (exact) mass is 455 g/mol. The van der Waals surface area contributed by atoms with Crippen molar-refractivity contribution in [2.24, 2.45) is 11.0 Å². The number of hydrazone groups is 1. The molecule has 0 radical (unpaired) electrons. The molecule has 0 N–H and O–H groups in total. The number of amides is 2. The van der Waals surface area contributed by atoms with Crippen molar-refractivity contribution in [2.75, 3.05) is 17.0 Å². The van der Waals surface area contributed by atoms with E-state index in [0.717, 1.165) is 5.56 Å². The Morgan fingerprint density at radius 1 is 0.824 bits per heavy atom. The first-order valence-electron chi connectivity index (χ1n) is 10.7. The molecule has 0 aromatic heterocycles. The summed E-state index contributed by atoms with van der Waals surface area (Å²) in [5.41, 5.74) is 2.38. The van der Waals surface area contributed by atoms with Crippen LogP contribution in [0.3, 0.4) is 0 Å². The predicted molar refractivity (Wildman–Crippen MR) is 126 cm³/mol. The molecule has 8 heteroatoms. The third kappa shape index (κ3) is 3.59. The molecule has 34 heavy (non-hydrogen) atoms. The minimum absolute atomic E-state index is 0.335. The van der Waals surface area contributed by atoms with Crippen LogP contribution in [0.25, 0.3) is 0 Å². The number of methoxy groups -OCH3 is 1. The van der Waals surface area contributed by atoms with E-state index in [1.165, 1.54) is 11.8 Å². The van der Waals surface area contributed by atoms with Crippen molar-refractivity contribution in [2.45, 2.75) is 13.0 Å². The number of para-hydroxylation sites is 1. The molecule has 0 bridgehead atoms. The summed E-state index contributed by atoms with van der Waals surface area (Å²) in [6, 6.07) is 22.0. The minimum atomic E-state index is -0.805. The quantitative estimate of drug-likeness (QED) is 0.333. The van der Waals surface area contributed by atoms with Gasteiger partial charge in [-0.15, -0.1) is 0 Å². The summed E-state index contributed by atoms with van der Waals surface area (Å²) in [5.74, 6) is -0.928. The Hall–Kier alpha value is -4.46. The summed E-state index contributed by atoms with van der Waals surface area (Å²) >= 11 is 0. The molecule has 2 heterocycles. The maximum Gasteiger partial charge on any atom is 0.308 e. The summed E-state index contributed by atoms with van der Waals surface area (Å²) < 4.78 is 10.3. The van der Waals surface area contributed by atoms with Gasteiger partial charge in [-0.1, -0.05) is 18.2 Å². The molecule has 3 aromatic rings. The summed E-state index contributed by atoms with van der Waals surface area (Å²) in [6.07, 6.45) is 0. The first-order chi connectivity index (χ1) is 16.5. The molecule has 2 aliphatic heterocycles. The number of fused-ring (bicyclic) bond motifs is 1. The first-order valence-corrected chi connectivity index (χ1v) is 10.7. The van der Waals surface area contributed by atoms with Crippen LogP contribution in [-0.4, -0.2) is 36.6 Å². The van der Waals surface area contributed by atoms with E-state index in [2.05, 4.69) is 0 Å². The Morgan fingerprint density at radius 3 is 2.09 bits per heavy atom. The largest absolute Gasteiger partial charge is 0.497 e. The van der Waals surface area contributed by atoms with Gasteiger partial charge in [0.05, 0.1) is 24.2 Å². The maximum atomic E-state index is 13.6. The van der Waals surface area contributed by atoms with Crippen LogP contribution in [0.5, 0.6) is 11.5 Å². The second kappa shape index (κ2) is 8.47. The Kier molecular flexibility index (Phi) is 5.33. The molecule has 0 spiro atoms. The van der Waals surface area contributed by atoms with Crippen molar-refractivity contribution >= 4 is 34.9 Å². The van der Waals surface area contributed by atoms with Crippen molar-refractivity contribution < 1.29 is 23.9 Å². The third-order valence-electron chi connectivity index (χ3n) is 5.81. The van der Waals surface area contributed by atoms with Crippen LogP contribution in [-0.2, 0) is 14.4 Å². The molecule has 1 saturated heterocycles. The number of nitrogens with zero attached hydrogens (tertiary/aromatic N) is 3. The Labute approximate surface area is 196 Å². The normalized spacial score (nSPS) is 19.2. The highest BCUT2D eigenvalue weighted by atomic mass is 16.5. The molecule has 2 unspecified atom stereocenters. The molecule has 2 atom stereocenters. The smallest absolute Gasteiger partial charge is 0.308 e. The second-order valence-corrected chi connectivity index (χ2v) is 7.92. The fourth-order valence-electron chi connectivity index (χ4n) is 4.29. The zero-order valence-electron chi connectivity index (χ0n) is 18.5. The molecule has 2 aliphatic rings. The molecule has 2 amide bonds. The van der Waals surface area contributed by atoms with Crippen molar-refractivity contribution in [3.63, 3.8) is 0 Å². The molecule has 1 fully saturated rings. The van der Waals surface area contributed by atoms with Gasteiger partial charge in [-0.05, 0) is 66.2 Å². The number of carbonyl (C=O) groups is 3. The van der Waals surface area contributed by atoms with E-state index < -0.39 is 17.9 Å². The molecule has 170 valence electrons. The van der Waals surface area contributed by atoms with Crippen LogP contribution in [0.1, 0.15) is 12.5 Å². The number of carbonyl (C=O) groups excluding carboxylic acids is 3. The number of anilines is 2. The predicted octanol–water partition coefficient (Wildman–Crippen LogP) is 3.40. The molecule has 8 nitrogen and oxygen atoms in total. The highest BCUT2D eigenvalue weighted by Crippen LogP contribution is 2.39. The Morgan fingerprint density at radius 2 is 1.47 bits per heavy atom. The molecule has 5 rings (SSSR count). The molecule has 0 saturated carbocycles. The van der Waals surface area contributed by atoms with Gasteiger partial charge in [-0.3, -0.25) is 19.4 Å². The highest BCUT2D eigenvalue weighted by Gasteiger charge is 2.57. The average Bonchev–Trinajstić information content (AvgIpc) is 3.37. The van der Waals surface area contributed by atoms with E-state index in [1.54, 1.807) is 48.5 Å². The van der Waals surface area contributed by atoms with Gasteiger partial charge >= 0.3 is 5.97 Å². The van der Waals surface area contributed by atoms with Crippen LogP contribution in [0.15, 0.2) is 84.0 Å². The number of imide groups is 1. The van der Waals surface area contributed by atoms with Crippen molar-refractivity contribution in [3.05, 3.63) is 84.4 Å². The van der Waals surface area contributed by atoms with E-state index in [1.807, 2.05) is 42.5 Å². The second-order valence-electron chi connectivity index (χ2n) is 7.92. The van der Waals surface area contributed by atoms with Gasteiger partial charge in [-0.2, -0.15) is 5.10 Å². The summed E-state index contributed by atoms with van der Waals surface area (Å²) in [6.45, 7) is 1.31. The van der Waals surface area contributed by atoms with Crippen molar-refractivity contribution in [3.8, 4) is 11.5 Å². The molecule has 3 aromatic carbocycles. The van der Waals surface area contributed by atoms with Gasteiger partial charge < -0.3 is 9.47 Å². The summed E-state index contributed by atoms with van der Waals surface area (Å²) in [5, 5.41) is 6.35. The van der Waals surface area contributed by atoms with Crippen LogP contribution < -0.4 is 19.4 Å². The Bertz CT molecular complexity index is 1290. The number of esters is 1. The fourth-order valence-corrected chi connectivity index (χ4v) is 4.29. The zero-order valence-corrected chi connectivity index (χ0v) is 18.5. The third-order valence-corrected chi connectivity index (χ3v) is 5.81. The molecular formula is C26H21N3O5.